The van der Waals surface area contributed by atoms with Crippen molar-refractivity contribution in [1.29, 1.82) is 0 Å². The summed E-state index contributed by atoms with van der Waals surface area (Å²) in [5.74, 6) is 0.0641. The summed E-state index contributed by atoms with van der Waals surface area (Å²) in [5.41, 5.74) is 0.630. The van der Waals surface area contributed by atoms with Gasteiger partial charge in [-0.05, 0) is 45.0 Å². The third kappa shape index (κ3) is 3.24. The summed E-state index contributed by atoms with van der Waals surface area (Å²) in [6, 6.07) is 7.15. The number of carbonyl (C=O) groups is 1. The molecule has 0 atom stereocenters. The van der Waals surface area contributed by atoms with Gasteiger partial charge < -0.3 is 10.2 Å². The van der Waals surface area contributed by atoms with Crippen molar-refractivity contribution < 1.29 is 4.79 Å². The Morgan fingerprint density at radius 1 is 1.44 bits per heavy atom. The SMILES string of the molecule is CC1(C)CN(C(=O)c2cccc(Cl)c2)CCCN1. The highest BCUT2D eigenvalue weighted by Gasteiger charge is 2.27. The zero-order valence-electron chi connectivity index (χ0n) is 10.9. The lowest BCUT2D eigenvalue weighted by molar-refractivity contribution is 0.0733. The molecule has 0 aliphatic carbocycles. The average Bonchev–Trinajstić information content (AvgIpc) is 2.49. The minimum absolute atomic E-state index is 0.0370. The number of benzene rings is 1. The molecule has 2 rings (SSSR count). The van der Waals surface area contributed by atoms with Crippen LogP contribution in [0.25, 0.3) is 0 Å². The van der Waals surface area contributed by atoms with Crippen LogP contribution in [0, 0.1) is 0 Å². The summed E-state index contributed by atoms with van der Waals surface area (Å²) in [7, 11) is 0. The molecule has 98 valence electrons. The Labute approximate surface area is 113 Å². The molecule has 0 saturated carbocycles. The number of carbonyl (C=O) groups excluding carboxylic acids is 1. The molecule has 4 heteroatoms. The maximum absolute atomic E-state index is 12.4. The van der Waals surface area contributed by atoms with Crippen molar-refractivity contribution in [2.45, 2.75) is 25.8 Å². The summed E-state index contributed by atoms with van der Waals surface area (Å²) in [5, 5.41) is 4.05. The van der Waals surface area contributed by atoms with Gasteiger partial charge in [0, 0.05) is 29.2 Å². The molecule has 1 heterocycles. The van der Waals surface area contributed by atoms with E-state index in [1.54, 1.807) is 12.1 Å². The average molecular weight is 267 g/mol. The molecule has 0 radical (unpaired) electrons. The topological polar surface area (TPSA) is 32.3 Å². The fourth-order valence-corrected chi connectivity index (χ4v) is 2.48. The van der Waals surface area contributed by atoms with E-state index in [4.69, 9.17) is 11.6 Å². The molecule has 1 aliphatic rings. The van der Waals surface area contributed by atoms with Crippen LogP contribution in [-0.2, 0) is 0 Å². The minimum Gasteiger partial charge on any atom is -0.337 e. The largest absolute Gasteiger partial charge is 0.337 e. The lowest BCUT2D eigenvalue weighted by Crippen LogP contribution is -2.47. The quantitative estimate of drug-likeness (QED) is 0.847. The van der Waals surface area contributed by atoms with Gasteiger partial charge in [0.2, 0.25) is 0 Å². The number of nitrogens with zero attached hydrogens (tertiary/aromatic N) is 1. The first-order valence-electron chi connectivity index (χ1n) is 6.28. The molecule has 18 heavy (non-hydrogen) atoms. The van der Waals surface area contributed by atoms with Gasteiger partial charge in [0.25, 0.3) is 5.91 Å². The van der Waals surface area contributed by atoms with E-state index in [9.17, 15) is 4.79 Å². The standard InChI is InChI=1S/C14H19ClN2O/c1-14(2)10-17(8-4-7-16-14)13(18)11-5-3-6-12(15)9-11/h3,5-6,9,16H,4,7-8,10H2,1-2H3. The highest BCUT2D eigenvalue weighted by molar-refractivity contribution is 6.30. The lowest BCUT2D eigenvalue weighted by Gasteiger charge is -2.30. The van der Waals surface area contributed by atoms with Crippen molar-refractivity contribution in [2.24, 2.45) is 0 Å². The number of halogens is 1. The Kier molecular flexibility index (Phi) is 3.93. The second kappa shape index (κ2) is 5.29. The second-order valence-corrected chi connectivity index (χ2v) is 5.84. The molecule has 1 saturated heterocycles. The van der Waals surface area contributed by atoms with Gasteiger partial charge in [-0.1, -0.05) is 17.7 Å². The molecule has 1 aromatic carbocycles. The van der Waals surface area contributed by atoms with E-state index in [1.807, 2.05) is 17.0 Å². The van der Waals surface area contributed by atoms with Crippen molar-refractivity contribution in [2.75, 3.05) is 19.6 Å². The van der Waals surface area contributed by atoms with Crippen LogP contribution in [0.1, 0.15) is 30.6 Å². The summed E-state index contributed by atoms with van der Waals surface area (Å²) in [6.45, 7) is 6.71. The predicted octanol–water partition coefficient (Wildman–Crippen LogP) is 2.55. The van der Waals surface area contributed by atoms with Gasteiger partial charge in [-0.3, -0.25) is 4.79 Å². The predicted molar refractivity (Wildman–Crippen MR) is 74.1 cm³/mol. The highest BCUT2D eigenvalue weighted by Crippen LogP contribution is 2.16. The van der Waals surface area contributed by atoms with E-state index in [-0.39, 0.29) is 11.4 Å². The van der Waals surface area contributed by atoms with Crippen LogP contribution in [0.2, 0.25) is 5.02 Å². The fourth-order valence-electron chi connectivity index (χ4n) is 2.29. The molecule has 3 nitrogen and oxygen atoms in total. The second-order valence-electron chi connectivity index (χ2n) is 5.40. The number of hydrogen-bond acceptors (Lipinski definition) is 2. The van der Waals surface area contributed by atoms with Crippen molar-refractivity contribution in [1.82, 2.24) is 10.2 Å². The summed E-state index contributed by atoms with van der Waals surface area (Å²) >= 11 is 5.93. The first kappa shape index (κ1) is 13.4. The fraction of sp³-hybridized carbons (Fsp3) is 0.500. The van der Waals surface area contributed by atoms with E-state index in [0.717, 1.165) is 26.1 Å². The molecule has 1 aliphatic heterocycles. The molecule has 1 N–H and O–H groups in total. The van der Waals surface area contributed by atoms with Gasteiger partial charge in [-0.25, -0.2) is 0 Å². The van der Waals surface area contributed by atoms with E-state index in [1.165, 1.54) is 0 Å². The molecule has 0 bridgehead atoms. The van der Waals surface area contributed by atoms with Crippen LogP contribution in [0.4, 0.5) is 0 Å². The van der Waals surface area contributed by atoms with E-state index in [0.29, 0.717) is 10.6 Å². The van der Waals surface area contributed by atoms with Crippen LogP contribution in [0.15, 0.2) is 24.3 Å². The van der Waals surface area contributed by atoms with Crippen molar-refractivity contribution in [3.63, 3.8) is 0 Å². The molecular weight excluding hydrogens is 248 g/mol. The molecule has 0 spiro atoms. The smallest absolute Gasteiger partial charge is 0.253 e. The number of nitrogens with one attached hydrogen (secondary N) is 1. The Balaban J connectivity index is 2.17. The summed E-state index contributed by atoms with van der Waals surface area (Å²) in [6.07, 6.45) is 0.982. The van der Waals surface area contributed by atoms with E-state index < -0.39 is 0 Å². The highest BCUT2D eigenvalue weighted by atomic mass is 35.5. The minimum atomic E-state index is -0.0370. The van der Waals surface area contributed by atoms with Gasteiger partial charge in [0.05, 0.1) is 0 Å². The molecule has 1 aromatic rings. The molecule has 1 fully saturated rings. The van der Waals surface area contributed by atoms with Crippen molar-refractivity contribution >= 4 is 17.5 Å². The first-order chi connectivity index (χ1) is 8.48. The monoisotopic (exact) mass is 266 g/mol. The van der Waals surface area contributed by atoms with Gasteiger partial charge in [0.1, 0.15) is 0 Å². The van der Waals surface area contributed by atoms with Crippen LogP contribution in [0.3, 0.4) is 0 Å². The molecular formula is C14H19ClN2O. The molecule has 0 unspecified atom stereocenters. The first-order valence-corrected chi connectivity index (χ1v) is 6.66. The van der Waals surface area contributed by atoms with Crippen LogP contribution in [-0.4, -0.2) is 36.0 Å². The Bertz CT molecular complexity index is 445. The van der Waals surface area contributed by atoms with E-state index >= 15 is 0 Å². The summed E-state index contributed by atoms with van der Waals surface area (Å²) in [4.78, 5) is 14.3. The van der Waals surface area contributed by atoms with Crippen LogP contribution in [0.5, 0.6) is 0 Å². The van der Waals surface area contributed by atoms with E-state index in [2.05, 4.69) is 19.2 Å². The van der Waals surface area contributed by atoms with Gasteiger partial charge in [0.15, 0.2) is 0 Å². The number of rotatable bonds is 1. The third-order valence-electron chi connectivity index (χ3n) is 3.15. The zero-order valence-corrected chi connectivity index (χ0v) is 11.6. The Morgan fingerprint density at radius 2 is 2.22 bits per heavy atom. The van der Waals surface area contributed by atoms with Crippen molar-refractivity contribution in [3.8, 4) is 0 Å². The Hall–Kier alpha value is -1.06. The summed E-state index contributed by atoms with van der Waals surface area (Å²) < 4.78 is 0. The normalized spacial score (nSPS) is 19.4. The number of hydrogen-bond donors (Lipinski definition) is 1. The molecule has 0 aromatic heterocycles. The zero-order chi connectivity index (χ0) is 13.2. The van der Waals surface area contributed by atoms with Crippen LogP contribution >= 0.6 is 11.6 Å². The lowest BCUT2D eigenvalue weighted by atomic mass is 10.1. The molecule has 1 amide bonds. The maximum atomic E-state index is 12.4. The van der Waals surface area contributed by atoms with Gasteiger partial charge in [-0.2, -0.15) is 0 Å². The third-order valence-corrected chi connectivity index (χ3v) is 3.39. The van der Waals surface area contributed by atoms with Gasteiger partial charge >= 0.3 is 0 Å². The van der Waals surface area contributed by atoms with Crippen molar-refractivity contribution in [3.05, 3.63) is 34.9 Å². The Morgan fingerprint density at radius 3 is 2.94 bits per heavy atom. The van der Waals surface area contributed by atoms with Crippen LogP contribution < -0.4 is 5.32 Å². The maximum Gasteiger partial charge on any atom is 0.253 e. The van der Waals surface area contributed by atoms with Gasteiger partial charge in [-0.15, -0.1) is 0 Å². The number of amides is 1.